The van der Waals surface area contributed by atoms with E-state index < -0.39 is 0 Å². The van der Waals surface area contributed by atoms with Gasteiger partial charge in [0, 0.05) is 11.8 Å². The molecule has 0 bridgehead atoms. The molecule has 0 aliphatic heterocycles. The van der Waals surface area contributed by atoms with Crippen molar-refractivity contribution < 1.29 is 0 Å². The predicted octanol–water partition coefficient (Wildman–Crippen LogP) is 1.17. The highest BCUT2D eigenvalue weighted by Gasteiger charge is 2.03. The summed E-state index contributed by atoms with van der Waals surface area (Å²) >= 11 is 4.94. The molecule has 0 aromatic rings. The van der Waals surface area contributed by atoms with Crippen molar-refractivity contribution in [2.45, 2.75) is 19.1 Å². The maximum atomic E-state index is 5.27. The van der Waals surface area contributed by atoms with Crippen LogP contribution in [0.3, 0.4) is 0 Å². The Morgan fingerprint density at radius 1 is 1.57 bits per heavy atom. The molecular formula is C5H12NS. The van der Waals surface area contributed by atoms with E-state index in [2.05, 4.69) is 13.8 Å². The van der Waals surface area contributed by atoms with Gasteiger partial charge in [0.15, 0.2) is 0 Å². The molecule has 0 heterocycles. The molecule has 0 aliphatic rings. The van der Waals surface area contributed by atoms with Crippen LogP contribution in [0.5, 0.6) is 0 Å². The van der Waals surface area contributed by atoms with E-state index in [4.69, 9.17) is 18.4 Å². The van der Waals surface area contributed by atoms with E-state index in [0.29, 0.717) is 12.5 Å². The molecule has 2 heteroatoms. The fraction of sp³-hybridized carbons (Fsp3) is 1.00. The van der Waals surface area contributed by atoms with Crippen LogP contribution in [0.15, 0.2) is 0 Å². The molecule has 0 amide bonds. The normalized spacial score (nSPS) is 15.0. The highest BCUT2D eigenvalue weighted by atomic mass is 32.1. The molecule has 0 aromatic heterocycles. The van der Waals surface area contributed by atoms with Crippen molar-refractivity contribution in [2.75, 3.05) is 6.54 Å². The molecule has 0 saturated heterocycles. The number of hydrogen-bond donors (Lipinski definition) is 1. The first-order valence-corrected chi connectivity index (χ1v) is 3.01. The molecule has 1 nitrogen and oxygen atoms in total. The van der Waals surface area contributed by atoms with Gasteiger partial charge in [-0.3, -0.25) is 0 Å². The summed E-state index contributed by atoms with van der Waals surface area (Å²) in [5.41, 5.74) is 5.27. The van der Waals surface area contributed by atoms with Crippen LogP contribution in [0.1, 0.15) is 13.8 Å². The van der Waals surface area contributed by atoms with Crippen LogP contribution in [0.2, 0.25) is 0 Å². The summed E-state index contributed by atoms with van der Waals surface area (Å²) in [6.07, 6.45) is 0. The van der Waals surface area contributed by atoms with Crippen LogP contribution in [0.25, 0.3) is 0 Å². The Morgan fingerprint density at radius 3 is 2.00 bits per heavy atom. The van der Waals surface area contributed by atoms with Crippen LogP contribution < -0.4 is 5.73 Å². The van der Waals surface area contributed by atoms with Crippen molar-refractivity contribution >= 4 is 12.6 Å². The second-order valence-corrected chi connectivity index (χ2v) is 2.62. The van der Waals surface area contributed by atoms with Gasteiger partial charge in [-0.1, -0.05) is 26.5 Å². The van der Waals surface area contributed by atoms with Crippen LogP contribution >= 0.6 is 12.6 Å². The van der Waals surface area contributed by atoms with Crippen molar-refractivity contribution in [1.82, 2.24) is 0 Å². The Hall–Kier alpha value is 0.310. The Bertz CT molecular complexity index is 45.3. The van der Waals surface area contributed by atoms with Gasteiger partial charge in [-0.2, -0.15) is 0 Å². The summed E-state index contributed by atoms with van der Waals surface area (Å²) in [5, 5.41) is 0.264. The van der Waals surface area contributed by atoms with Gasteiger partial charge in [0.1, 0.15) is 0 Å². The Labute approximate surface area is 50.7 Å². The lowest BCUT2D eigenvalue weighted by molar-refractivity contribution is 0.616. The smallest absolute Gasteiger partial charge is 0.0297 e. The molecule has 0 fully saturated rings. The zero-order valence-corrected chi connectivity index (χ0v) is 5.66. The van der Waals surface area contributed by atoms with E-state index in [1.54, 1.807) is 0 Å². The summed E-state index contributed by atoms with van der Waals surface area (Å²) in [6.45, 7) is 4.81. The van der Waals surface area contributed by atoms with Crippen molar-refractivity contribution in [3.8, 4) is 0 Å². The van der Waals surface area contributed by atoms with Crippen molar-refractivity contribution in [1.29, 1.82) is 0 Å². The van der Waals surface area contributed by atoms with E-state index in [1.165, 1.54) is 0 Å². The van der Waals surface area contributed by atoms with E-state index >= 15 is 0 Å². The summed E-state index contributed by atoms with van der Waals surface area (Å²) in [4.78, 5) is 0. The lowest BCUT2D eigenvalue weighted by Gasteiger charge is -2.08. The average molecular weight is 118 g/mol. The van der Waals surface area contributed by atoms with Crippen LogP contribution in [-0.4, -0.2) is 11.8 Å². The van der Waals surface area contributed by atoms with Gasteiger partial charge in [0.05, 0.1) is 0 Å². The number of nitrogens with two attached hydrogens (primary N) is 1. The van der Waals surface area contributed by atoms with Gasteiger partial charge >= 0.3 is 0 Å². The van der Waals surface area contributed by atoms with E-state index in [1.807, 2.05) is 0 Å². The molecule has 2 N–H and O–H groups in total. The molecule has 1 unspecified atom stereocenters. The van der Waals surface area contributed by atoms with Gasteiger partial charge in [0.2, 0.25) is 0 Å². The lowest BCUT2D eigenvalue weighted by atomic mass is 10.1. The maximum Gasteiger partial charge on any atom is 0.0297 e. The maximum absolute atomic E-state index is 5.27. The third-order valence-corrected chi connectivity index (χ3v) is 1.71. The van der Waals surface area contributed by atoms with Gasteiger partial charge < -0.3 is 5.73 Å². The van der Waals surface area contributed by atoms with Crippen molar-refractivity contribution in [3.05, 3.63) is 0 Å². The van der Waals surface area contributed by atoms with Gasteiger partial charge in [-0.25, -0.2) is 0 Å². The van der Waals surface area contributed by atoms with Crippen LogP contribution in [0.4, 0.5) is 0 Å². The highest BCUT2D eigenvalue weighted by Crippen LogP contribution is 2.05. The first kappa shape index (κ1) is 7.31. The SMILES string of the molecule is CC(C)C([S])CN. The fourth-order valence-electron chi connectivity index (χ4n) is 0.272. The molecule has 0 spiro atoms. The van der Waals surface area contributed by atoms with Gasteiger partial charge in [0.25, 0.3) is 0 Å². The number of rotatable bonds is 2. The molecule has 0 saturated carbocycles. The summed E-state index contributed by atoms with van der Waals surface area (Å²) < 4.78 is 0. The third-order valence-electron chi connectivity index (χ3n) is 0.976. The van der Waals surface area contributed by atoms with E-state index in [9.17, 15) is 0 Å². The van der Waals surface area contributed by atoms with Crippen molar-refractivity contribution in [3.63, 3.8) is 0 Å². The van der Waals surface area contributed by atoms with Crippen molar-refractivity contribution in [2.24, 2.45) is 11.7 Å². The van der Waals surface area contributed by atoms with E-state index in [-0.39, 0.29) is 5.25 Å². The van der Waals surface area contributed by atoms with Crippen LogP contribution in [0, 0.1) is 5.92 Å². The van der Waals surface area contributed by atoms with Gasteiger partial charge in [-0.05, 0) is 5.92 Å². The third kappa shape index (κ3) is 2.94. The summed E-state index contributed by atoms with van der Waals surface area (Å²) in [5.74, 6) is 0.556. The molecule has 0 aliphatic carbocycles. The lowest BCUT2D eigenvalue weighted by Crippen LogP contribution is -2.19. The quantitative estimate of drug-likeness (QED) is 0.578. The second-order valence-electron chi connectivity index (χ2n) is 2.02. The molecule has 43 valence electrons. The average Bonchev–Trinajstić information content (AvgIpc) is 1.65. The Kier molecular flexibility index (Phi) is 3.48. The first-order chi connectivity index (χ1) is 3.18. The van der Waals surface area contributed by atoms with E-state index in [0.717, 1.165) is 0 Å². The highest BCUT2D eigenvalue weighted by molar-refractivity contribution is 7.81. The minimum absolute atomic E-state index is 0.264. The molecular weight excluding hydrogens is 106 g/mol. The predicted molar refractivity (Wildman–Crippen MR) is 35.3 cm³/mol. The van der Waals surface area contributed by atoms with Crippen LogP contribution in [-0.2, 0) is 0 Å². The first-order valence-electron chi connectivity index (χ1n) is 2.54. The largest absolute Gasteiger partial charge is 0.329 e. The standard InChI is InChI=1S/C5H12NS/c1-4(2)5(7)3-6/h4-5H,3,6H2,1-2H3. The summed E-state index contributed by atoms with van der Waals surface area (Å²) in [6, 6.07) is 0. The molecule has 0 rings (SSSR count). The fourth-order valence-corrected chi connectivity index (χ4v) is 0.272. The minimum Gasteiger partial charge on any atom is -0.329 e. The second kappa shape index (κ2) is 3.33. The minimum atomic E-state index is 0.264. The summed E-state index contributed by atoms with van der Waals surface area (Å²) in [7, 11) is 0. The topological polar surface area (TPSA) is 26.0 Å². The zero-order valence-electron chi connectivity index (χ0n) is 4.85. The monoisotopic (exact) mass is 118 g/mol. The molecule has 1 atom stereocenters. The number of hydrogen-bond acceptors (Lipinski definition) is 1. The zero-order chi connectivity index (χ0) is 5.86. The molecule has 1 radical (unpaired) electrons. The molecule has 7 heavy (non-hydrogen) atoms. The molecule has 0 aromatic carbocycles. The van der Waals surface area contributed by atoms with Gasteiger partial charge in [-0.15, -0.1) is 0 Å². The Morgan fingerprint density at radius 2 is 2.00 bits per heavy atom. The Balaban J connectivity index is 3.14.